The van der Waals surface area contributed by atoms with Gasteiger partial charge in [-0.3, -0.25) is 4.98 Å². The molecule has 0 unspecified atom stereocenters. The number of anilines is 1. The second-order valence-corrected chi connectivity index (χ2v) is 6.22. The largest absolute Gasteiger partial charge is 0.368 e. The van der Waals surface area contributed by atoms with Crippen molar-refractivity contribution in [3.63, 3.8) is 0 Å². The highest BCUT2D eigenvalue weighted by Gasteiger charge is 2.14. The minimum atomic E-state index is 0.0316. The van der Waals surface area contributed by atoms with E-state index < -0.39 is 0 Å². The van der Waals surface area contributed by atoms with E-state index in [0.717, 1.165) is 31.7 Å². The summed E-state index contributed by atoms with van der Waals surface area (Å²) in [5.41, 5.74) is 2.23. The molecule has 1 aliphatic rings. The summed E-state index contributed by atoms with van der Waals surface area (Å²) in [6.45, 7) is 10.7. The molecular formula is C16H23N3. The number of likely N-dealkylation sites (N-methyl/N-ethyl adjacent to an activating group) is 1. The van der Waals surface area contributed by atoms with Gasteiger partial charge in [-0.1, -0.05) is 11.8 Å². The summed E-state index contributed by atoms with van der Waals surface area (Å²) in [6, 6.07) is 2.15. The molecule has 1 fully saturated rings. The van der Waals surface area contributed by atoms with E-state index >= 15 is 0 Å². The van der Waals surface area contributed by atoms with Crippen LogP contribution in [-0.4, -0.2) is 43.1 Å². The molecule has 1 aromatic heterocycles. The van der Waals surface area contributed by atoms with Crippen LogP contribution in [0.15, 0.2) is 18.5 Å². The summed E-state index contributed by atoms with van der Waals surface area (Å²) in [5.74, 6) is 6.48. The topological polar surface area (TPSA) is 19.4 Å². The highest BCUT2D eigenvalue weighted by molar-refractivity contribution is 5.50. The zero-order chi connectivity index (χ0) is 13.9. The van der Waals surface area contributed by atoms with Crippen LogP contribution in [0.4, 0.5) is 5.69 Å². The van der Waals surface area contributed by atoms with Crippen LogP contribution in [0.1, 0.15) is 26.3 Å². The van der Waals surface area contributed by atoms with Gasteiger partial charge in [-0.05, 0) is 33.9 Å². The van der Waals surface area contributed by atoms with Gasteiger partial charge in [0.05, 0.1) is 11.9 Å². The minimum Gasteiger partial charge on any atom is -0.368 e. The molecule has 0 bridgehead atoms. The number of aromatic nitrogens is 1. The maximum Gasteiger partial charge on any atom is 0.0566 e. The molecule has 2 heterocycles. The third-order valence-electron chi connectivity index (χ3n) is 3.17. The zero-order valence-electron chi connectivity index (χ0n) is 12.4. The zero-order valence-corrected chi connectivity index (χ0v) is 12.4. The molecular weight excluding hydrogens is 234 g/mol. The van der Waals surface area contributed by atoms with Gasteiger partial charge in [0.1, 0.15) is 0 Å². The van der Waals surface area contributed by atoms with Crippen molar-refractivity contribution in [1.29, 1.82) is 0 Å². The van der Waals surface area contributed by atoms with Crippen LogP contribution in [0.25, 0.3) is 0 Å². The van der Waals surface area contributed by atoms with E-state index in [0.29, 0.717) is 0 Å². The summed E-state index contributed by atoms with van der Waals surface area (Å²) in [7, 11) is 2.17. The molecule has 0 N–H and O–H groups in total. The second kappa shape index (κ2) is 5.63. The van der Waals surface area contributed by atoms with E-state index in [1.165, 1.54) is 5.69 Å². The fourth-order valence-electron chi connectivity index (χ4n) is 1.99. The van der Waals surface area contributed by atoms with E-state index in [9.17, 15) is 0 Å². The first-order chi connectivity index (χ1) is 8.94. The third kappa shape index (κ3) is 4.25. The predicted octanol–water partition coefficient (Wildman–Crippen LogP) is 2.23. The summed E-state index contributed by atoms with van der Waals surface area (Å²) in [5, 5.41) is 0. The molecule has 0 atom stereocenters. The molecule has 3 nitrogen and oxygen atoms in total. The highest BCUT2D eigenvalue weighted by atomic mass is 15.2. The Bertz CT molecular complexity index is 483. The van der Waals surface area contributed by atoms with E-state index in [4.69, 9.17) is 0 Å². The molecule has 1 aliphatic heterocycles. The molecule has 0 spiro atoms. The van der Waals surface area contributed by atoms with Crippen LogP contribution >= 0.6 is 0 Å². The van der Waals surface area contributed by atoms with Crippen molar-refractivity contribution in [3.8, 4) is 11.8 Å². The molecule has 1 saturated heterocycles. The van der Waals surface area contributed by atoms with Gasteiger partial charge in [0, 0.05) is 43.4 Å². The summed E-state index contributed by atoms with van der Waals surface area (Å²) in [4.78, 5) is 9.06. The normalized spacial score (nSPS) is 16.9. The highest BCUT2D eigenvalue weighted by Crippen LogP contribution is 2.17. The minimum absolute atomic E-state index is 0.0316. The van der Waals surface area contributed by atoms with E-state index in [1.807, 2.05) is 12.4 Å². The Morgan fingerprint density at radius 2 is 1.79 bits per heavy atom. The third-order valence-corrected chi connectivity index (χ3v) is 3.17. The van der Waals surface area contributed by atoms with Crippen LogP contribution < -0.4 is 4.90 Å². The molecule has 102 valence electrons. The van der Waals surface area contributed by atoms with Crippen molar-refractivity contribution in [1.82, 2.24) is 9.88 Å². The van der Waals surface area contributed by atoms with Crippen molar-refractivity contribution in [2.75, 3.05) is 38.1 Å². The smallest absolute Gasteiger partial charge is 0.0566 e. The van der Waals surface area contributed by atoms with E-state index in [-0.39, 0.29) is 5.41 Å². The number of nitrogens with zero attached hydrogens (tertiary/aromatic N) is 3. The lowest BCUT2D eigenvalue weighted by Crippen LogP contribution is -2.44. The van der Waals surface area contributed by atoms with Gasteiger partial charge in [0.2, 0.25) is 0 Å². The Labute approximate surface area is 116 Å². The number of pyridine rings is 1. The number of hydrogen-bond acceptors (Lipinski definition) is 3. The van der Waals surface area contributed by atoms with Crippen LogP contribution in [0.3, 0.4) is 0 Å². The van der Waals surface area contributed by atoms with Crippen LogP contribution in [0, 0.1) is 17.3 Å². The van der Waals surface area contributed by atoms with Gasteiger partial charge in [-0.15, -0.1) is 0 Å². The fourth-order valence-corrected chi connectivity index (χ4v) is 1.99. The van der Waals surface area contributed by atoms with E-state index in [2.05, 4.69) is 60.5 Å². The Kier molecular flexibility index (Phi) is 4.11. The Hall–Kier alpha value is -1.53. The summed E-state index contributed by atoms with van der Waals surface area (Å²) in [6.07, 6.45) is 3.78. The lowest BCUT2D eigenvalue weighted by molar-refractivity contribution is 0.313. The van der Waals surface area contributed by atoms with Gasteiger partial charge in [0.15, 0.2) is 0 Å². The molecule has 2 rings (SSSR count). The Morgan fingerprint density at radius 1 is 1.11 bits per heavy atom. The maximum absolute atomic E-state index is 4.32. The SMILES string of the molecule is CN1CCN(c2cncc(C#CC(C)(C)C)c2)CC1. The fraction of sp³-hybridized carbons (Fsp3) is 0.562. The van der Waals surface area contributed by atoms with Crippen LogP contribution in [0.5, 0.6) is 0 Å². The monoisotopic (exact) mass is 257 g/mol. The first-order valence-corrected chi connectivity index (χ1v) is 6.86. The summed E-state index contributed by atoms with van der Waals surface area (Å²) >= 11 is 0. The number of hydrogen-bond donors (Lipinski definition) is 0. The average Bonchev–Trinajstić information content (AvgIpc) is 2.37. The predicted molar refractivity (Wildman–Crippen MR) is 80.3 cm³/mol. The van der Waals surface area contributed by atoms with Gasteiger partial charge in [-0.25, -0.2) is 0 Å². The van der Waals surface area contributed by atoms with Crippen molar-refractivity contribution in [3.05, 3.63) is 24.0 Å². The molecule has 19 heavy (non-hydrogen) atoms. The molecule has 1 aromatic rings. The lowest BCUT2D eigenvalue weighted by Gasteiger charge is -2.33. The van der Waals surface area contributed by atoms with Crippen LogP contribution in [0.2, 0.25) is 0 Å². The van der Waals surface area contributed by atoms with E-state index in [1.54, 1.807) is 0 Å². The number of rotatable bonds is 1. The van der Waals surface area contributed by atoms with Crippen LogP contribution in [-0.2, 0) is 0 Å². The van der Waals surface area contributed by atoms with Crippen molar-refractivity contribution in [2.24, 2.45) is 5.41 Å². The quantitative estimate of drug-likeness (QED) is 0.719. The lowest BCUT2D eigenvalue weighted by atomic mass is 9.97. The second-order valence-electron chi connectivity index (χ2n) is 6.22. The Balaban J connectivity index is 2.13. The molecule has 3 heteroatoms. The van der Waals surface area contributed by atoms with Gasteiger partial charge in [0.25, 0.3) is 0 Å². The van der Waals surface area contributed by atoms with Gasteiger partial charge < -0.3 is 9.80 Å². The van der Waals surface area contributed by atoms with Gasteiger partial charge >= 0.3 is 0 Å². The van der Waals surface area contributed by atoms with Crippen molar-refractivity contribution in [2.45, 2.75) is 20.8 Å². The first-order valence-electron chi connectivity index (χ1n) is 6.86. The standard InChI is InChI=1S/C16H23N3/c1-16(2,3)6-5-14-11-15(13-17-12-14)19-9-7-18(4)8-10-19/h11-13H,7-10H2,1-4H3. The van der Waals surface area contributed by atoms with Crippen molar-refractivity contribution >= 4 is 5.69 Å². The Morgan fingerprint density at radius 3 is 2.42 bits per heavy atom. The maximum atomic E-state index is 4.32. The molecule has 0 amide bonds. The average molecular weight is 257 g/mol. The molecule has 0 saturated carbocycles. The number of piperazine rings is 1. The molecule has 0 aromatic carbocycles. The van der Waals surface area contributed by atoms with Gasteiger partial charge in [-0.2, -0.15) is 0 Å². The summed E-state index contributed by atoms with van der Waals surface area (Å²) < 4.78 is 0. The molecule has 0 radical (unpaired) electrons. The first kappa shape index (κ1) is 13.9. The van der Waals surface area contributed by atoms with Crippen molar-refractivity contribution < 1.29 is 0 Å². The molecule has 0 aliphatic carbocycles.